The lowest BCUT2D eigenvalue weighted by Crippen LogP contribution is -2.50. The molecule has 0 fully saturated rings. The third kappa shape index (κ3) is 1.65. The number of fused-ring (bicyclic) bond motifs is 1. The number of nitrogens with one attached hydrogen (secondary N) is 1. The summed E-state index contributed by atoms with van der Waals surface area (Å²) in [6.45, 7) is 0.0373. The number of nitrogens with zero attached hydrogens (tertiary/aromatic N) is 2. The summed E-state index contributed by atoms with van der Waals surface area (Å²) in [5.74, 6) is -1.40. The topological polar surface area (TPSA) is 112 Å². The predicted octanol–water partition coefficient (Wildman–Crippen LogP) is -1.29. The number of carboxylic acids is 1. The Morgan fingerprint density at radius 2 is 2.44 bits per heavy atom. The van der Waals surface area contributed by atoms with Gasteiger partial charge in [0.05, 0.1) is 30.8 Å². The summed E-state index contributed by atoms with van der Waals surface area (Å²) in [7, 11) is 0. The smallest absolute Gasteiger partial charge is 0.326 e. The van der Waals surface area contributed by atoms with E-state index in [2.05, 4.69) is 9.97 Å². The van der Waals surface area contributed by atoms with Gasteiger partial charge in [0.1, 0.15) is 6.04 Å². The maximum atomic E-state index is 11.5. The second kappa shape index (κ2) is 3.93. The molecule has 1 aliphatic rings. The van der Waals surface area contributed by atoms with Crippen LogP contribution >= 0.6 is 0 Å². The third-order valence-electron chi connectivity index (χ3n) is 2.68. The molecule has 2 heterocycles. The molecule has 0 radical (unpaired) electrons. The zero-order chi connectivity index (χ0) is 11.7. The lowest BCUT2D eigenvalue weighted by atomic mass is 10.0. The highest BCUT2D eigenvalue weighted by molar-refractivity contribution is 5.85. The van der Waals surface area contributed by atoms with E-state index in [-0.39, 0.29) is 25.4 Å². The van der Waals surface area contributed by atoms with E-state index in [0.29, 0.717) is 5.69 Å². The van der Waals surface area contributed by atoms with Crippen molar-refractivity contribution >= 4 is 11.9 Å². The first kappa shape index (κ1) is 10.6. The van der Waals surface area contributed by atoms with Crippen LogP contribution in [0.5, 0.6) is 0 Å². The monoisotopic (exact) mass is 224 g/mol. The van der Waals surface area contributed by atoms with Crippen LogP contribution < -0.4 is 5.73 Å². The van der Waals surface area contributed by atoms with E-state index in [4.69, 9.17) is 10.8 Å². The lowest BCUT2D eigenvalue weighted by molar-refractivity contribution is -0.150. The van der Waals surface area contributed by atoms with Gasteiger partial charge in [-0.25, -0.2) is 9.78 Å². The largest absolute Gasteiger partial charge is 0.480 e. The van der Waals surface area contributed by atoms with E-state index < -0.39 is 12.0 Å². The molecule has 2 rings (SSSR count). The molecule has 7 heteroatoms. The first-order valence-electron chi connectivity index (χ1n) is 4.87. The molecule has 1 unspecified atom stereocenters. The standard InChI is InChI=1S/C9H12N4O3/c10-2-8(14)13-3-6-5(11-4-12-6)1-7(13)9(15)16/h4,7H,1-3,10H2,(H,11,12)(H,15,16). The molecular formula is C9H12N4O3. The number of nitrogens with two attached hydrogens (primary N) is 1. The number of hydrogen-bond donors (Lipinski definition) is 3. The predicted molar refractivity (Wildman–Crippen MR) is 53.3 cm³/mol. The maximum absolute atomic E-state index is 11.5. The van der Waals surface area contributed by atoms with E-state index in [1.807, 2.05) is 0 Å². The van der Waals surface area contributed by atoms with E-state index in [9.17, 15) is 9.59 Å². The molecule has 1 atom stereocenters. The number of H-pyrrole nitrogens is 1. The molecule has 1 aromatic rings. The van der Waals surface area contributed by atoms with Crippen molar-refractivity contribution in [2.75, 3.05) is 6.54 Å². The van der Waals surface area contributed by atoms with Gasteiger partial charge in [-0.3, -0.25) is 4.79 Å². The summed E-state index contributed by atoms with van der Waals surface area (Å²) >= 11 is 0. The van der Waals surface area contributed by atoms with Crippen LogP contribution in [-0.2, 0) is 22.6 Å². The first-order chi connectivity index (χ1) is 7.63. The minimum atomic E-state index is -1.03. The fourth-order valence-corrected chi connectivity index (χ4v) is 1.84. The first-order valence-corrected chi connectivity index (χ1v) is 4.87. The van der Waals surface area contributed by atoms with Gasteiger partial charge in [-0.2, -0.15) is 0 Å². The van der Waals surface area contributed by atoms with E-state index in [1.165, 1.54) is 11.2 Å². The van der Waals surface area contributed by atoms with Crippen molar-refractivity contribution < 1.29 is 14.7 Å². The number of hydrogen-bond acceptors (Lipinski definition) is 4. The Balaban J connectivity index is 2.30. The molecule has 0 bridgehead atoms. The van der Waals surface area contributed by atoms with E-state index in [1.54, 1.807) is 0 Å². The molecule has 16 heavy (non-hydrogen) atoms. The van der Waals surface area contributed by atoms with Crippen LogP contribution in [0.1, 0.15) is 11.4 Å². The Kier molecular flexibility index (Phi) is 2.61. The minimum absolute atomic E-state index is 0.187. The molecule has 0 aliphatic carbocycles. The Hall–Kier alpha value is -1.89. The molecule has 86 valence electrons. The van der Waals surface area contributed by atoms with Crippen LogP contribution in [0.4, 0.5) is 0 Å². The molecule has 1 amide bonds. The quantitative estimate of drug-likeness (QED) is 0.578. The van der Waals surface area contributed by atoms with E-state index >= 15 is 0 Å². The maximum Gasteiger partial charge on any atom is 0.326 e. The van der Waals surface area contributed by atoms with Crippen LogP contribution in [0.25, 0.3) is 0 Å². The molecule has 1 aromatic heterocycles. The van der Waals surface area contributed by atoms with Crippen LogP contribution in [0.2, 0.25) is 0 Å². The van der Waals surface area contributed by atoms with Crippen molar-refractivity contribution in [1.29, 1.82) is 0 Å². The molecular weight excluding hydrogens is 212 g/mol. The second-order valence-corrected chi connectivity index (χ2v) is 3.61. The zero-order valence-electron chi connectivity index (χ0n) is 8.51. The number of aliphatic carboxylic acids is 1. The summed E-state index contributed by atoms with van der Waals surface area (Å²) in [6.07, 6.45) is 1.72. The number of carboxylic acid groups (broad SMARTS) is 1. The molecule has 7 nitrogen and oxygen atoms in total. The number of rotatable bonds is 2. The minimum Gasteiger partial charge on any atom is -0.480 e. The highest BCUT2D eigenvalue weighted by Gasteiger charge is 2.35. The number of imidazole rings is 1. The van der Waals surface area contributed by atoms with Gasteiger partial charge in [0.2, 0.25) is 5.91 Å². The number of amides is 1. The Bertz CT molecular complexity index is 428. The lowest BCUT2D eigenvalue weighted by Gasteiger charge is -2.31. The molecule has 0 aromatic carbocycles. The van der Waals surface area contributed by atoms with E-state index in [0.717, 1.165) is 5.69 Å². The number of carbonyl (C=O) groups excluding carboxylic acids is 1. The Morgan fingerprint density at radius 1 is 1.69 bits per heavy atom. The molecule has 4 N–H and O–H groups in total. The Morgan fingerprint density at radius 3 is 3.06 bits per heavy atom. The van der Waals surface area contributed by atoms with Gasteiger partial charge in [0, 0.05) is 6.42 Å². The van der Waals surface area contributed by atoms with Gasteiger partial charge in [0.25, 0.3) is 0 Å². The molecule has 0 spiro atoms. The van der Waals surface area contributed by atoms with Gasteiger partial charge in [0.15, 0.2) is 0 Å². The molecule has 0 saturated carbocycles. The van der Waals surface area contributed by atoms with Crippen LogP contribution in [0.3, 0.4) is 0 Å². The van der Waals surface area contributed by atoms with Crippen molar-refractivity contribution in [3.05, 3.63) is 17.7 Å². The second-order valence-electron chi connectivity index (χ2n) is 3.61. The van der Waals surface area contributed by atoms with Crippen LogP contribution in [-0.4, -0.2) is 44.4 Å². The van der Waals surface area contributed by atoms with Gasteiger partial charge in [-0.1, -0.05) is 0 Å². The van der Waals surface area contributed by atoms with Gasteiger partial charge < -0.3 is 20.7 Å². The average molecular weight is 224 g/mol. The normalized spacial score (nSPS) is 19.3. The van der Waals surface area contributed by atoms with Crippen LogP contribution in [0.15, 0.2) is 6.33 Å². The molecule has 0 saturated heterocycles. The van der Waals surface area contributed by atoms with Gasteiger partial charge in [-0.05, 0) is 0 Å². The highest BCUT2D eigenvalue weighted by atomic mass is 16.4. The summed E-state index contributed by atoms with van der Waals surface area (Å²) < 4.78 is 0. The molecule has 1 aliphatic heterocycles. The third-order valence-corrected chi connectivity index (χ3v) is 2.68. The summed E-state index contributed by atoms with van der Waals surface area (Å²) in [4.78, 5) is 30.7. The number of aromatic nitrogens is 2. The summed E-state index contributed by atoms with van der Waals surface area (Å²) in [5.41, 5.74) is 6.73. The van der Waals surface area contributed by atoms with Crippen molar-refractivity contribution in [1.82, 2.24) is 14.9 Å². The summed E-state index contributed by atoms with van der Waals surface area (Å²) in [5, 5.41) is 9.04. The van der Waals surface area contributed by atoms with Crippen molar-refractivity contribution in [2.45, 2.75) is 19.0 Å². The van der Waals surface area contributed by atoms with Gasteiger partial charge >= 0.3 is 5.97 Å². The average Bonchev–Trinajstić information content (AvgIpc) is 2.73. The fourth-order valence-electron chi connectivity index (χ4n) is 1.84. The van der Waals surface area contributed by atoms with Crippen molar-refractivity contribution in [3.8, 4) is 0 Å². The number of aromatic amines is 1. The highest BCUT2D eigenvalue weighted by Crippen LogP contribution is 2.20. The SMILES string of the molecule is NCC(=O)N1Cc2[nH]cnc2CC1C(=O)O. The summed E-state index contributed by atoms with van der Waals surface area (Å²) in [6, 6.07) is -0.869. The van der Waals surface area contributed by atoms with Crippen LogP contribution in [0, 0.1) is 0 Å². The zero-order valence-corrected chi connectivity index (χ0v) is 8.51. The van der Waals surface area contributed by atoms with Gasteiger partial charge in [-0.15, -0.1) is 0 Å². The number of carbonyl (C=O) groups is 2. The van der Waals surface area contributed by atoms with Crippen molar-refractivity contribution in [3.63, 3.8) is 0 Å². The fraction of sp³-hybridized carbons (Fsp3) is 0.444. The van der Waals surface area contributed by atoms with Crippen molar-refractivity contribution in [2.24, 2.45) is 5.73 Å². The Labute approximate surface area is 91.3 Å².